The van der Waals surface area contributed by atoms with E-state index in [2.05, 4.69) is 17.0 Å². The van der Waals surface area contributed by atoms with Crippen molar-refractivity contribution in [2.24, 2.45) is 5.92 Å². The Morgan fingerprint density at radius 1 is 1.21 bits per heavy atom. The summed E-state index contributed by atoms with van der Waals surface area (Å²) in [7, 11) is 0. The number of anilines is 1. The smallest absolute Gasteiger partial charge is 0.227 e. The lowest BCUT2D eigenvalue weighted by Gasteiger charge is -2.36. The number of fused-ring (bicyclic) bond motifs is 1. The number of nitrogens with zero attached hydrogens (tertiary/aromatic N) is 4. The molecule has 0 radical (unpaired) electrons. The summed E-state index contributed by atoms with van der Waals surface area (Å²) in [5, 5.41) is 9.27. The van der Waals surface area contributed by atoms with E-state index >= 15 is 0 Å². The van der Waals surface area contributed by atoms with Crippen molar-refractivity contribution in [3.63, 3.8) is 0 Å². The van der Waals surface area contributed by atoms with Crippen molar-refractivity contribution < 1.29 is 9.90 Å². The molecule has 1 amide bonds. The van der Waals surface area contributed by atoms with Crippen molar-refractivity contribution >= 4 is 11.7 Å². The summed E-state index contributed by atoms with van der Waals surface area (Å²) in [5.41, 5.74) is 3.46. The Bertz CT molecular complexity index is 855. The largest absolute Gasteiger partial charge is 0.395 e. The van der Waals surface area contributed by atoms with Crippen LogP contribution in [0.25, 0.3) is 11.4 Å². The predicted molar refractivity (Wildman–Crippen MR) is 114 cm³/mol. The second-order valence-corrected chi connectivity index (χ2v) is 7.94. The minimum absolute atomic E-state index is 0.00979. The number of aliphatic hydroxyl groups is 1. The van der Waals surface area contributed by atoms with Crippen LogP contribution in [-0.2, 0) is 17.6 Å². The predicted octanol–water partition coefficient (Wildman–Crippen LogP) is 2.69. The zero-order valence-corrected chi connectivity index (χ0v) is 17.2. The van der Waals surface area contributed by atoms with Gasteiger partial charge >= 0.3 is 0 Å². The third-order valence-electron chi connectivity index (χ3n) is 6.08. The van der Waals surface area contributed by atoms with Gasteiger partial charge < -0.3 is 14.9 Å². The molecule has 1 aliphatic carbocycles. The van der Waals surface area contributed by atoms with Crippen molar-refractivity contribution in [1.29, 1.82) is 0 Å². The normalized spacial score (nSPS) is 18.6. The number of amides is 1. The number of piperidine rings is 1. The maximum atomic E-state index is 13.0. The number of hydrogen-bond donors (Lipinski definition) is 1. The highest BCUT2D eigenvalue weighted by Gasteiger charge is 2.32. The van der Waals surface area contributed by atoms with Crippen molar-refractivity contribution in [2.45, 2.75) is 39.0 Å². The molecule has 1 N–H and O–H groups in total. The van der Waals surface area contributed by atoms with Crippen LogP contribution in [-0.4, -0.2) is 58.7 Å². The Hall–Kier alpha value is -2.47. The molecule has 1 fully saturated rings. The fourth-order valence-electron chi connectivity index (χ4n) is 4.56. The quantitative estimate of drug-likeness (QED) is 0.816. The van der Waals surface area contributed by atoms with Crippen LogP contribution in [0.5, 0.6) is 0 Å². The van der Waals surface area contributed by atoms with Crippen LogP contribution in [0.2, 0.25) is 0 Å². The molecule has 2 aliphatic rings. The van der Waals surface area contributed by atoms with E-state index < -0.39 is 0 Å². The molecule has 1 aromatic carbocycles. The van der Waals surface area contributed by atoms with Gasteiger partial charge in [-0.1, -0.05) is 30.3 Å². The number of aromatic nitrogens is 2. The summed E-state index contributed by atoms with van der Waals surface area (Å²) in [6, 6.07) is 10.1. The summed E-state index contributed by atoms with van der Waals surface area (Å²) < 4.78 is 0. The second-order valence-electron chi connectivity index (χ2n) is 7.94. The van der Waals surface area contributed by atoms with Gasteiger partial charge in [0.25, 0.3) is 0 Å². The molecule has 6 heteroatoms. The van der Waals surface area contributed by atoms with Crippen molar-refractivity contribution in [3.05, 3.63) is 41.6 Å². The van der Waals surface area contributed by atoms with Crippen LogP contribution in [0.15, 0.2) is 30.3 Å². The lowest BCUT2D eigenvalue weighted by molar-refractivity contribution is -0.136. The first-order valence-corrected chi connectivity index (χ1v) is 10.8. The Morgan fingerprint density at radius 3 is 2.79 bits per heavy atom. The Labute approximate surface area is 172 Å². The standard InChI is InChI=1S/C23H30N4O2/c1-2-26(14-15-28)23(29)18-10-7-13-27(16-18)22-19-11-6-12-20(19)24-21(25-22)17-8-4-3-5-9-17/h3-5,8-9,18,28H,2,6-7,10-16H2,1H3. The first-order valence-electron chi connectivity index (χ1n) is 10.8. The van der Waals surface area contributed by atoms with E-state index in [1.54, 1.807) is 4.90 Å². The van der Waals surface area contributed by atoms with Gasteiger partial charge in [-0.2, -0.15) is 0 Å². The van der Waals surface area contributed by atoms with Gasteiger partial charge in [-0.25, -0.2) is 9.97 Å². The Morgan fingerprint density at radius 2 is 2.03 bits per heavy atom. The van der Waals surface area contributed by atoms with E-state index in [1.807, 2.05) is 25.1 Å². The average Bonchev–Trinajstić information content (AvgIpc) is 3.26. The van der Waals surface area contributed by atoms with Gasteiger partial charge in [-0.15, -0.1) is 0 Å². The van der Waals surface area contributed by atoms with Crippen LogP contribution in [0.4, 0.5) is 5.82 Å². The van der Waals surface area contributed by atoms with Crippen molar-refractivity contribution in [3.8, 4) is 11.4 Å². The number of rotatable bonds is 6. The number of carbonyl (C=O) groups excluding carboxylic acids is 1. The minimum atomic E-state index is -0.0394. The van der Waals surface area contributed by atoms with Crippen molar-refractivity contribution in [1.82, 2.24) is 14.9 Å². The molecule has 29 heavy (non-hydrogen) atoms. The van der Waals surface area contributed by atoms with E-state index in [4.69, 9.17) is 9.97 Å². The van der Waals surface area contributed by atoms with Gasteiger partial charge in [0.2, 0.25) is 5.91 Å². The summed E-state index contributed by atoms with van der Waals surface area (Å²) >= 11 is 0. The van der Waals surface area contributed by atoms with Crippen molar-refractivity contribution in [2.75, 3.05) is 37.7 Å². The van der Waals surface area contributed by atoms with E-state index in [0.717, 1.165) is 61.5 Å². The molecule has 1 unspecified atom stereocenters. The lowest BCUT2D eigenvalue weighted by atomic mass is 9.96. The molecule has 1 saturated heterocycles. The first-order chi connectivity index (χ1) is 14.2. The molecular weight excluding hydrogens is 364 g/mol. The summed E-state index contributed by atoms with van der Waals surface area (Å²) in [6.07, 6.45) is 5.01. The maximum Gasteiger partial charge on any atom is 0.227 e. The van der Waals surface area contributed by atoms with E-state index in [9.17, 15) is 9.90 Å². The topological polar surface area (TPSA) is 69.6 Å². The lowest BCUT2D eigenvalue weighted by Crippen LogP contribution is -2.46. The highest BCUT2D eigenvalue weighted by atomic mass is 16.3. The zero-order valence-electron chi connectivity index (χ0n) is 17.2. The highest BCUT2D eigenvalue weighted by molar-refractivity contribution is 5.80. The highest BCUT2D eigenvalue weighted by Crippen LogP contribution is 2.33. The molecule has 0 spiro atoms. The summed E-state index contributed by atoms with van der Waals surface area (Å²) in [6.45, 7) is 4.64. The third-order valence-corrected chi connectivity index (χ3v) is 6.08. The average molecular weight is 395 g/mol. The zero-order chi connectivity index (χ0) is 20.2. The molecular formula is C23H30N4O2. The molecule has 4 rings (SSSR count). The monoisotopic (exact) mass is 394 g/mol. The molecule has 154 valence electrons. The van der Waals surface area contributed by atoms with Crippen LogP contribution in [0.3, 0.4) is 0 Å². The van der Waals surface area contributed by atoms with Gasteiger partial charge in [0.05, 0.1) is 12.5 Å². The minimum Gasteiger partial charge on any atom is -0.395 e. The molecule has 1 aromatic heterocycles. The van der Waals surface area contributed by atoms with Gasteiger partial charge in [0.1, 0.15) is 5.82 Å². The number of aryl methyl sites for hydroxylation is 1. The first kappa shape index (κ1) is 19.8. The molecule has 2 heterocycles. The number of benzene rings is 1. The van der Waals surface area contributed by atoms with Crippen LogP contribution >= 0.6 is 0 Å². The van der Waals surface area contributed by atoms with Gasteiger partial charge in [-0.3, -0.25) is 4.79 Å². The number of aliphatic hydroxyl groups excluding tert-OH is 1. The van der Waals surface area contributed by atoms with Gasteiger partial charge in [0.15, 0.2) is 5.82 Å². The summed E-state index contributed by atoms with van der Waals surface area (Å²) in [4.78, 5) is 26.9. The third kappa shape index (κ3) is 4.13. The molecule has 1 aliphatic heterocycles. The SMILES string of the molecule is CCN(CCO)C(=O)C1CCCN(c2nc(-c3ccccc3)nc3c2CCC3)C1. The summed E-state index contributed by atoms with van der Waals surface area (Å²) in [5.74, 6) is 1.92. The maximum absolute atomic E-state index is 13.0. The van der Waals surface area contributed by atoms with Crippen LogP contribution in [0, 0.1) is 5.92 Å². The van der Waals surface area contributed by atoms with Crippen LogP contribution in [0.1, 0.15) is 37.4 Å². The van der Waals surface area contributed by atoms with E-state index in [-0.39, 0.29) is 18.4 Å². The van der Waals surface area contributed by atoms with Crippen LogP contribution < -0.4 is 4.90 Å². The Kier molecular flexibility index (Phi) is 6.09. The van der Waals surface area contributed by atoms with Gasteiger partial charge in [0, 0.05) is 43.0 Å². The van der Waals surface area contributed by atoms with Gasteiger partial charge in [-0.05, 0) is 39.0 Å². The molecule has 0 bridgehead atoms. The van der Waals surface area contributed by atoms with E-state index in [0.29, 0.717) is 19.6 Å². The number of hydrogen-bond acceptors (Lipinski definition) is 5. The molecule has 0 saturated carbocycles. The van der Waals surface area contributed by atoms with E-state index in [1.165, 1.54) is 5.56 Å². The molecule has 6 nitrogen and oxygen atoms in total. The second kappa shape index (κ2) is 8.91. The fraction of sp³-hybridized carbons (Fsp3) is 0.522. The number of likely N-dealkylation sites (N-methyl/N-ethyl adjacent to an activating group) is 1. The fourth-order valence-corrected chi connectivity index (χ4v) is 4.56. The Balaban J connectivity index is 1.62. The molecule has 1 atom stereocenters. The number of carbonyl (C=O) groups is 1. The molecule has 2 aromatic rings.